The lowest BCUT2D eigenvalue weighted by molar-refractivity contribution is 0.254. The molecule has 1 heterocycles. The average molecular weight is 312 g/mol. The molecule has 0 aliphatic carbocycles. The molecular weight excluding hydrogens is 293 g/mol. The van der Waals surface area contributed by atoms with E-state index in [-0.39, 0.29) is 17.4 Å². The van der Waals surface area contributed by atoms with Crippen LogP contribution in [0.3, 0.4) is 0 Å². The molecule has 0 amide bonds. The third-order valence-corrected chi connectivity index (χ3v) is 3.15. The van der Waals surface area contributed by atoms with Crippen molar-refractivity contribution < 1.29 is 13.5 Å². The molecule has 21 heavy (non-hydrogen) atoms. The van der Waals surface area contributed by atoms with Gasteiger partial charge in [0.05, 0.1) is 11.6 Å². The van der Waals surface area contributed by atoms with E-state index in [0.717, 1.165) is 12.3 Å². The van der Waals surface area contributed by atoms with Gasteiger partial charge in [-0.3, -0.25) is 0 Å². The second-order valence-electron chi connectivity index (χ2n) is 5.23. The molecule has 5 heteroatoms. The highest BCUT2D eigenvalue weighted by molar-refractivity contribution is 6.30. The first-order valence-corrected chi connectivity index (χ1v) is 7.29. The Morgan fingerprint density at radius 1 is 1.24 bits per heavy atom. The minimum Gasteiger partial charge on any atom is -0.483 e. The Balaban J connectivity index is 1.86. The molecule has 3 nitrogen and oxygen atoms in total. The predicted molar refractivity (Wildman–Crippen MR) is 81.0 cm³/mol. The van der Waals surface area contributed by atoms with Crippen molar-refractivity contribution in [3.63, 3.8) is 0 Å². The van der Waals surface area contributed by atoms with Crippen LogP contribution in [0, 0.1) is 11.7 Å². The van der Waals surface area contributed by atoms with E-state index in [1.165, 1.54) is 12.1 Å². The zero-order chi connectivity index (χ0) is 15.2. The molecule has 0 bridgehead atoms. The van der Waals surface area contributed by atoms with Gasteiger partial charge in [0.25, 0.3) is 0 Å². The Bertz CT molecular complexity index is 583. The Kier molecular flexibility index (Phi) is 5.65. The Morgan fingerprint density at radius 3 is 2.76 bits per heavy atom. The number of furan rings is 1. The average Bonchev–Trinajstić information content (AvgIpc) is 2.88. The van der Waals surface area contributed by atoms with Gasteiger partial charge in [-0.05, 0) is 36.7 Å². The second-order valence-corrected chi connectivity index (χ2v) is 5.64. The van der Waals surface area contributed by atoms with Crippen LogP contribution in [0.4, 0.5) is 4.39 Å². The van der Waals surface area contributed by atoms with Gasteiger partial charge in [0.2, 0.25) is 0 Å². The van der Waals surface area contributed by atoms with Gasteiger partial charge in [-0.1, -0.05) is 31.5 Å². The van der Waals surface area contributed by atoms with Crippen LogP contribution in [0.15, 0.2) is 34.7 Å². The molecule has 0 spiro atoms. The number of benzene rings is 1. The van der Waals surface area contributed by atoms with Crippen LogP contribution in [0.1, 0.15) is 25.4 Å². The molecule has 2 rings (SSSR count). The van der Waals surface area contributed by atoms with Crippen molar-refractivity contribution in [3.05, 3.63) is 52.7 Å². The predicted octanol–water partition coefficient (Wildman–Crippen LogP) is 4.40. The first-order chi connectivity index (χ1) is 10.1. The molecule has 0 saturated carbocycles. The van der Waals surface area contributed by atoms with E-state index in [9.17, 15) is 4.39 Å². The number of rotatable bonds is 7. The quantitative estimate of drug-likeness (QED) is 0.823. The van der Waals surface area contributed by atoms with Crippen LogP contribution in [-0.2, 0) is 13.2 Å². The summed E-state index contributed by atoms with van der Waals surface area (Å²) in [5.41, 5.74) is 0. The second kappa shape index (κ2) is 7.48. The Hall–Kier alpha value is -1.52. The number of hydrogen-bond donors (Lipinski definition) is 1. The van der Waals surface area contributed by atoms with Crippen LogP contribution >= 0.6 is 11.6 Å². The highest BCUT2D eigenvalue weighted by Crippen LogP contribution is 2.25. The molecule has 1 aromatic heterocycles. The van der Waals surface area contributed by atoms with Gasteiger partial charge in [0.1, 0.15) is 18.1 Å². The van der Waals surface area contributed by atoms with E-state index >= 15 is 0 Å². The zero-order valence-corrected chi connectivity index (χ0v) is 12.9. The minimum atomic E-state index is -0.551. The number of hydrogen-bond acceptors (Lipinski definition) is 3. The molecule has 0 unspecified atom stereocenters. The molecule has 0 radical (unpaired) electrons. The summed E-state index contributed by atoms with van der Waals surface area (Å²) in [5, 5.41) is 3.34. The van der Waals surface area contributed by atoms with Gasteiger partial charge in [-0.2, -0.15) is 0 Å². The molecule has 114 valence electrons. The topological polar surface area (TPSA) is 34.4 Å². The summed E-state index contributed by atoms with van der Waals surface area (Å²) in [4.78, 5) is 0. The van der Waals surface area contributed by atoms with Crippen molar-refractivity contribution >= 4 is 11.6 Å². The van der Waals surface area contributed by atoms with Gasteiger partial charge in [-0.25, -0.2) is 4.39 Å². The third kappa shape index (κ3) is 4.76. The molecular formula is C16H19ClFNO2. The van der Waals surface area contributed by atoms with Crippen molar-refractivity contribution in [2.24, 2.45) is 5.92 Å². The lowest BCUT2D eigenvalue weighted by Crippen LogP contribution is -2.18. The lowest BCUT2D eigenvalue weighted by Gasteiger charge is -2.07. The number of ether oxygens (including phenoxy) is 1. The van der Waals surface area contributed by atoms with E-state index in [4.69, 9.17) is 20.8 Å². The highest BCUT2D eigenvalue weighted by Gasteiger charge is 2.09. The van der Waals surface area contributed by atoms with Crippen molar-refractivity contribution in [2.75, 3.05) is 6.54 Å². The summed E-state index contributed by atoms with van der Waals surface area (Å²) in [6.07, 6.45) is 0. The molecule has 1 N–H and O–H groups in total. The zero-order valence-electron chi connectivity index (χ0n) is 12.2. The fourth-order valence-corrected chi connectivity index (χ4v) is 1.99. The summed E-state index contributed by atoms with van der Waals surface area (Å²) in [6, 6.07) is 8.38. The van der Waals surface area contributed by atoms with Gasteiger partial charge in [-0.15, -0.1) is 0 Å². The molecule has 0 atom stereocenters. The summed E-state index contributed by atoms with van der Waals surface area (Å²) in [7, 11) is 0. The van der Waals surface area contributed by atoms with Gasteiger partial charge in [0, 0.05) is 0 Å². The maximum atomic E-state index is 13.7. The van der Waals surface area contributed by atoms with Crippen molar-refractivity contribution in [2.45, 2.75) is 27.0 Å². The van der Waals surface area contributed by atoms with E-state index < -0.39 is 5.82 Å². The van der Waals surface area contributed by atoms with Crippen molar-refractivity contribution in [1.82, 2.24) is 5.32 Å². The van der Waals surface area contributed by atoms with E-state index in [1.807, 2.05) is 12.1 Å². The van der Waals surface area contributed by atoms with E-state index in [0.29, 0.717) is 18.2 Å². The molecule has 0 aliphatic rings. The van der Waals surface area contributed by atoms with E-state index in [1.54, 1.807) is 6.07 Å². The first kappa shape index (κ1) is 15.9. The van der Waals surface area contributed by atoms with Crippen LogP contribution in [0.5, 0.6) is 5.75 Å². The fraction of sp³-hybridized carbons (Fsp3) is 0.375. The molecule has 2 aromatic rings. The minimum absolute atomic E-state index is 0.0468. The van der Waals surface area contributed by atoms with Crippen LogP contribution in [-0.4, -0.2) is 6.54 Å². The maximum absolute atomic E-state index is 13.7. The Labute approximate surface area is 129 Å². The summed E-state index contributed by atoms with van der Waals surface area (Å²) >= 11 is 5.70. The van der Waals surface area contributed by atoms with Crippen molar-refractivity contribution in [3.8, 4) is 5.75 Å². The first-order valence-electron chi connectivity index (χ1n) is 6.91. The lowest BCUT2D eigenvalue weighted by atomic mass is 10.2. The third-order valence-electron chi connectivity index (χ3n) is 2.86. The van der Waals surface area contributed by atoms with Crippen LogP contribution < -0.4 is 10.1 Å². The summed E-state index contributed by atoms with van der Waals surface area (Å²) in [5.74, 6) is 1.65. The normalized spacial score (nSPS) is 11.1. The van der Waals surface area contributed by atoms with Gasteiger partial charge in [0.15, 0.2) is 11.6 Å². The fourth-order valence-electron chi connectivity index (χ4n) is 1.82. The Morgan fingerprint density at radius 2 is 2.00 bits per heavy atom. The number of nitrogens with one attached hydrogen (secondary N) is 1. The summed E-state index contributed by atoms with van der Waals surface area (Å²) in [6.45, 7) is 6.06. The summed E-state index contributed by atoms with van der Waals surface area (Å²) < 4.78 is 24.7. The molecule has 1 aromatic carbocycles. The van der Waals surface area contributed by atoms with Crippen LogP contribution in [0.25, 0.3) is 0 Å². The van der Waals surface area contributed by atoms with Crippen molar-refractivity contribution in [1.29, 1.82) is 0 Å². The van der Waals surface area contributed by atoms with Gasteiger partial charge < -0.3 is 14.5 Å². The SMILES string of the molecule is CC(C)CNCc1ccc(COc2cccc(Cl)c2F)o1. The standard InChI is InChI=1S/C16H19ClFNO2/c1-11(2)8-19-9-12-6-7-13(21-12)10-20-15-5-3-4-14(17)16(15)18/h3-7,11,19H,8-10H2,1-2H3. The largest absolute Gasteiger partial charge is 0.483 e. The monoisotopic (exact) mass is 311 g/mol. The molecule has 0 saturated heterocycles. The maximum Gasteiger partial charge on any atom is 0.183 e. The molecule has 0 fully saturated rings. The smallest absolute Gasteiger partial charge is 0.183 e. The van der Waals surface area contributed by atoms with Crippen LogP contribution in [0.2, 0.25) is 5.02 Å². The van der Waals surface area contributed by atoms with Gasteiger partial charge >= 0.3 is 0 Å². The highest BCUT2D eigenvalue weighted by atomic mass is 35.5. The number of halogens is 2. The van der Waals surface area contributed by atoms with E-state index in [2.05, 4.69) is 19.2 Å². The molecule has 0 aliphatic heterocycles.